The van der Waals surface area contributed by atoms with Gasteiger partial charge in [0.1, 0.15) is 0 Å². The van der Waals surface area contributed by atoms with Crippen LogP contribution < -0.4 is 0 Å². The van der Waals surface area contributed by atoms with E-state index in [2.05, 4.69) is 6.92 Å². The molecule has 0 aliphatic carbocycles. The van der Waals surface area contributed by atoms with Crippen LogP contribution in [0.5, 0.6) is 0 Å². The second-order valence-electron chi connectivity index (χ2n) is 6.52. The Labute approximate surface area is 131 Å². The maximum Gasteiger partial charge on any atom is 0.306 e. The van der Waals surface area contributed by atoms with Crippen molar-refractivity contribution in [1.29, 1.82) is 0 Å². The summed E-state index contributed by atoms with van der Waals surface area (Å²) >= 11 is 0. The number of nitrogens with zero attached hydrogens (tertiary/aromatic N) is 2. The van der Waals surface area contributed by atoms with Crippen LogP contribution in [0.2, 0.25) is 0 Å². The monoisotopic (exact) mass is 310 g/mol. The number of carboxylic acids is 1. The molecule has 2 unspecified atom stereocenters. The molecular formula is C16H26N2O4. The Bertz CT molecular complexity index is 443. The molecule has 22 heavy (non-hydrogen) atoms. The number of hydrogen-bond donors (Lipinski definition) is 1. The number of likely N-dealkylation sites (tertiary alicyclic amines) is 2. The lowest BCUT2D eigenvalue weighted by Gasteiger charge is -2.32. The second-order valence-corrected chi connectivity index (χ2v) is 6.52. The molecule has 0 spiro atoms. The highest BCUT2D eigenvalue weighted by atomic mass is 16.4. The summed E-state index contributed by atoms with van der Waals surface area (Å²) in [5.74, 6) is -1.28. The molecule has 0 saturated carbocycles. The minimum atomic E-state index is -0.775. The van der Waals surface area contributed by atoms with Gasteiger partial charge < -0.3 is 14.9 Å². The highest BCUT2D eigenvalue weighted by Gasteiger charge is 2.39. The van der Waals surface area contributed by atoms with Crippen molar-refractivity contribution in [3.8, 4) is 0 Å². The molecule has 2 atom stereocenters. The molecule has 2 fully saturated rings. The molecular weight excluding hydrogens is 284 g/mol. The first kappa shape index (κ1) is 16.8. The first-order valence-electron chi connectivity index (χ1n) is 8.25. The van der Waals surface area contributed by atoms with Gasteiger partial charge in [-0.1, -0.05) is 13.3 Å². The second kappa shape index (κ2) is 7.11. The van der Waals surface area contributed by atoms with E-state index in [1.807, 2.05) is 11.8 Å². The molecule has 0 aromatic heterocycles. The van der Waals surface area contributed by atoms with Crippen LogP contribution in [0.1, 0.15) is 46.0 Å². The van der Waals surface area contributed by atoms with Crippen LogP contribution in [0.4, 0.5) is 0 Å². The van der Waals surface area contributed by atoms with E-state index >= 15 is 0 Å². The maximum atomic E-state index is 12.5. The van der Waals surface area contributed by atoms with E-state index in [0.717, 1.165) is 12.8 Å². The van der Waals surface area contributed by atoms with E-state index in [9.17, 15) is 14.4 Å². The van der Waals surface area contributed by atoms with E-state index in [4.69, 9.17) is 5.11 Å². The van der Waals surface area contributed by atoms with Crippen molar-refractivity contribution < 1.29 is 19.5 Å². The Kier molecular flexibility index (Phi) is 5.42. The fourth-order valence-corrected chi connectivity index (χ4v) is 3.50. The van der Waals surface area contributed by atoms with Crippen molar-refractivity contribution >= 4 is 17.8 Å². The van der Waals surface area contributed by atoms with E-state index in [0.29, 0.717) is 38.9 Å². The molecule has 1 N–H and O–H groups in total. The quantitative estimate of drug-likeness (QED) is 0.831. The van der Waals surface area contributed by atoms with Crippen molar-refractivity contribution in [3.05, 3.63) is 0 Å². The highest BCUT2D eigenvalue weighted by molar-refractivity contribution is 5.89. The van der Waals surface area contributed by atoms with Crippen LogP contribution in [0, 0.1) is 11.8 Å². The van der Waals surface area contributed by atoms with E-state index in [1.165, 1.54) is 0 Å². The average molecular weight is 310 g/mol. The first-order chi connectivity index (χ1) is 10.4. The zero-order valence-corrected chi connectivity index (χ0v) is 13.5. The van der Waals surface area contributed by atoms with Gasteiger partial charge >= 0.3 is 5.97 Å². The Morgan fingerprint density at radius 2 is 1.91 bits per heavy atom. The molecule has 6 nitrogen and oxygen atoms in total. The highest BCUT2D eigenvalue weighted by Crippen LogP contribution is 2.26. The van der Waals surface area contributed by atoms with Crippen molar-refractivity contribution in [3.63, 3.8) is 0 Å². The standard InChI is InChI=1S/C16H26N2O4/c1-3-4-11(2)18-10-13(9-14(18)19)15(20)17-7-5-12(6-8-17)16(21)22/h11-13H,3-10H2,1-2H3,(H,21,22). The number of rotatable bonds is 5. The lowest BCUT2D eigenvalue weighted by atomic mass is 9.95. The Balaban J connectivity index is 1.89. The topological polar surface area (TPSA) is 77.9 Å². The van der Waals surface area contributed by atoms with Crippen LogP contribution in [-0.4, -0.2) is 58.4 Å². The lowest BCUT2D eigenvalue weighted by molar-refractivity contribution is -0.146. The summed E-state index contributed by atoms with van der Waals surface area (Å²) in [6.45, 7) is 5.62. The van der Waals surface area contributed by atoms with Crippen LogP contribution in [-0.2, 0) is 14.4 Å². The number of piperidine rings is 1. The van der Waals surface area contributed by atoms with Crippen LogP contribution in [0.3, 0.4) is 0 Å². The maximum absolute atomic E-state index is 12.5. The SMILES string of the molecule is CCCC(C)N1CC(C(=O)N2CCC(C(=O)O)CC2)CC1=O. The summed E-state index contributed by atoms with van der Waals surface area (Å²) in [5.41, 5.74) is 0. The van der Waals surface area contributed by atoms with Gasteiger partial charge in [-0.3, -0.25) is 14.4 Å². The Hall–Kier alpha value is -1.59. The molecule has 2 saturated heterocycles. The number of aliphatic carboxylic acids is 1. The molecule has 2 rings (SSSR count). The van der Waals surface area contributed by atoms with E-state index in [-0.39, 0.29) is 29.7 Å². The molecule has 124 valence electrons. The zero-order valence-electron chi connectivity index (χ0n) is 13.5. The van der Waals surface area contributed by atoms with E-state index < -0.39 is 5.97 Å². The van der Waals surface area contributed by atoms with Gasteiger partial charge in [-0.15, -0.1) is 0 Å². The summed E-state index contributed by atoms with van der Waals surface area (Å²) in [4.78, 5) is 39.2. The van der Waals surface area contributed by atoms with Gasteiger partial charge in [0.25, 0.3) is 0 Å². The molecule has 2 amide bonds. The smallest absolute Gasteiger partial charge is 0.306 e. The lowest BCUT2D eigenvalue weighted by Crippen LogP contribution is -2.44. The van der Waals surface area contributed by atoms with Gasteiger partial charge in [0.15, 0.2) is 0 Å². The normalized spacial score (nSPS) is 24.6. The van der Waals surface area contributed by atoms with Crippen molar-refractivity contribution in [2.24, 2.45) is 11.8 Å². The van der Waals surface area contributed by atoms with Gasteiger partial charge in [0.05, 0.1) is 11.8 Å². The zero-order chi connectivity index (χ0) is 16.3. The summed E-state index contributed by atoms with van der Waals surface area (Å²) in [6.07, 6.45) is 3.30. The fourth-order valence-electron chi connectivity index (χ4n) is 3.50. The van der Waals surface area contributed by atoms with Gasteiger partial charge in [0, 0.05) is 32.1 Å². The molecule has 0 aromatic carbocycles. The van der Waals surface area contributed by atoms with Crippen molar-refractivity contribution in [2.45, 2.75) is 52.0 Å². The van der Waals surface area contributed by atoms with Crippen LogP contribution in [0.15, 0.2) is 0 Å². The van der Waals surface area contributed by atoms with Gasteiger partial charge in [0.2, 0.25) is 11.8 Å². The minimum Gasteiger partial charge on any atom is -0.481 e. The van der Waals surface area contributed by atoms with Crippen LogP contribution >= 0.6 is 0 Å². The Morgan fingerprint density at radius 3 is 2.45 bits per heavy atom. The predicted octanol–water partition coefficient (Wildman–Crippen LogP) is 1.35. The molecule has 0 radical (unpaired) electrons. The third-order valence-corrected chi connectivity index (χ3v) is 4.90. The predicted molar refractivity (Wildman–Crippen MR) is 81.1 cm³/mol. The van der Waals surface area contributed by atoms with Crippen molar-refractivity contribution in [1.82, 2.24) is 9.80 Å². The number of carbonyl (C=O) groups excluding carboxylic acids is 2. The molecule has 6 heteroatoms. The van der Waals surface area contributed by atoms with Gasteiger partial charge in [-0.25, -0.2) is 0 Å². The molecule has 2 aliphatic rings. The van der Waals surface area contributed by atoms with Gasteiger partial charge in [-0.05, 0) is 26.2 Å². The molecule has 0 bridgehead atoms. The first-order valence-corrected chi connectivity index (χ1v) is 8.25. The average Bonchev–Trinajstić information content (AvgIpc) is 2.89. The van der Waals surface area contributed by atoms with Crippen LogP contribution in [0.25, 0.3) is 0 Å². The summed E-state index contributed by atoms with van der Waals surface area (Å²) in [6, 6.07) is 0.188. The van der Waals surface area contributed by atoms with Crippen molar-refractivity contribution in [2.75, 3.05) is 19.6 Å². The van der Waals surface area contributed by atoms with Gasteiger partial charge in [-0.2, -0.15) is 0 Å². The summed E-state index contributed by atoms with van der Waals surface area (Å²) in [5, 5.41) is 9.00. The molecule has 2 aliphatic heterocycles. The third kappa shape index (κ3) is 3.59. The third-order valence-electron chi connectivity index (χ3n) is 4.90. The fraction of sp³-hybridized carbons (Fsp3) is 0.812. The molecule has 2 heterocycles. The number of carboxylic acid groups (broad SMARTS) is 1. The van der Waals surface area contributed by atoms with E-state index in [1.54, 1.807) is 4.90 Å². The minimum absolute atomic E-state index is 0.0170. The molecule has 0 aromatic rings. The number of amides is 2. The summed E-state index contributed by atoms with van der Waals surface area (Å²) < 4.78 is 0. The number of hydrogen-bond acceptors (Lipinski definition) is 3. The largest absolute Gasteiger partial charge is 0.481 e. The number of carbonyl (C=O) groups is 3. The summed E-state index contributed by atoms with van der Waals surface area (Å²) in [7, 11) is 0. The Morgan fingerprint density at radius 1 is 1.27 bits per heavy atom.